The second-order valence-electron chi connectivity index (χ2n) is 4.54. The summed E-state index contributed by atoms with van der Waals surface area (Å²) in [5, 5.41) is 3.26. The van der Waals surface area contributed by atoms with Gasteiger partial charge in [0.25, 0.3) is 0 Å². The van der Waals surface area contributed by atoms with E-state index in [0.717, 1.165) is 48.0 Å². The maximum Gasteiger partial charge on any atom is 0.131 e. The number of ether oxygens (including phenoxy) is 1. The Bertz CT molecular complexity index is 545. The lowest BCUT2D eigenvalue weighted by Gasteiger charge is -2.11. The van der Waals surface area contributed by atoms with Crippen molar-refractivity contribution in [2.45, 2.75) is 26.7 Å². The van der Waals surface area contributed by atoms with Crippen LogP contribution in [0.15, 0.2) is 30.3 Å². The number of hydrogen-bond acceptors (Lipinski definition) is 4. The van der Waals surface area contributed by atoms with Gasteiger partial charge in [-0.05, 0) is 25.5 Å². The third kappa shape index (κ3) is 3.26. The van der Waals surface area contributed by atoms with Gasteiger partial charge in [0.05, 0.1) is 12.8 Å². The molecule has 0 saturated carbocycles. The number of para-hydroxylation sites is 1. The SMILES string of the molecule is CCCc1nc(NCC)cc(-c2ccccc2OC)n1. The van der Waals surface area contributed by atoms with Gasteiger partial charge in [-0.25, -0.2) is 9.97 Å². The van der Waals surface area contributed by atoms with Crippen LogP contribution < -0.4 is 10.1 Å². The standard InChI is InChI=1S/C16H21N3O/c1-4-8-15-18-13(11-16(19-15)17-5-2)12-9-6-7-10-14(12)20-3/h6-7,9-11H,4-5,8H2,1-3H3,(H,17,18,19). The molecule has 0 aliphatic rings. The monoisotopic (exact) mass is 271 g/mol. The van der Waals surface area contributed by atoms with Crippen LogP contribution in [0.2, 0.25) is 0 Å². The number of anilines is 1. The zero-order valence-electron chi connectivity index (χ0n) is 12.3. The number of benzene rings is 1. The molecule has 0 bridgehead atoms. The first kappa shape index (κ1) is 14.3. The Kier molecular flexibility index (Phi) is 4.93. The van der Waals surface area contributed by atoms with E-state index in [1.807, 2.05) is 30.3 Å². The Hall–Kier alpha value is -2.10. The van der Waals surface area contributed by atoms with Crippen LogP contribution in [0.1, 0.15) is 26.1 Å². The fraction of sp³-hybridized carbons (Fsp3) is 0.375. The van der Waals surface area contributed by atoms with Crippen molar-refractivity contribution in [2.75, 3.05) is 19.0 Å². The summed E-state index contributed by atoms with van der Waals surface area (Å²) in [5.41, 5.74) is 1.89. The van der Waals surface area contributed by atoms with E-state index in [1.165, 1.54) is 0 Å². The van der Waals surface area contributed by atoms with Crippen molar-refractivity contribution in [1.29, 1.82) is 0 Å². The Labute approximate surface area is 120 Å². The molecule has 4 nitrogen and oxygen atoms in total. The number of aryl methyl sites for hydroxylation is 1. The van der Waals surface area contributed by atoms with Crippen molar-refractivity contribution in [1.82, 2.24) is 9.97 Å². The average molecular weight is 271 g/mol. The average Bonchev–Trinajstić information content (AvgIpc) is 2.47. The van der Waals surface area contributed by atoms with E-state index in [4.69, 9.17) is 4.74 Å². The van der Waals surface area contributed by atoms with E-state index >= 15 is 0 Å². The highest BCUT2D eigenvalue weighted by molar-refractivity contribution is 5.69. The van der Waals surface area contributed by atoms with Gasteiger partial charge in [-0.1, -0.05) is 19.1 Å². The lowest BCUT2D eigenvalue weighted by molar-refractivity contribution is 0.416. The van der Waals surface area contributed by atoms with E-state index in [9.17, 15) is 0 Å². The van der Waals surface area contributed by atoms with Crippen molar-refractivity contribution >= 4 is 5.82 Å². The molecule has 1 aromatic carbocycles. The molecule has 0 aliphatic heterocycles. The fourth-order valence-electron chi connectivity index (χ4n) is 2.10. The summed E-state index contributed by atoms with van der Waals surface area (Å²) in [6.07, 6.45) is 1.91. The Morgan fingerprint density at radius 1 is 1.15 bits per heavy atom. The molecule has 0 radical (unpaired) electrons. The minimum absolute atomic E-state index is 0.830. The lowest BCUT2D eigenvalue weighted by atomic mass is 10.1. The zero-order chi connectivity index (χ0) is 14.4. The molecule has 0 amide bonds. The van der Waals surface area contributed by atoms with Gasteiger partial charge < -0.3 is 10.1 Å². The molecule has 0 atom stereocenters. The highest BCUT2D eigenvalue weighted by atomic mass is 16.5. The fourth-order valence-corrected chi connectivity index (χ4v) is 2.10. The Morgan fingerprint density at radius 2 is 1.95 bits per heavy atom. The number of nitrogens with one attached hydrogen (secondary N) is 1. The van der Waals surface area contributed by atoms with Crippen LogP contribution in [0.3, 0.4) is 0 Å². The first-order valence-corrected chi connectivity index (χ1v) is 7.03. The van der Waals surface area contributed by atoms with E-state index in [0.29, 0.717) is 0 Å². The highest BCUT2D eigenvalue weighted by Gasteiger charge is 2.10. The van der Waals surface area contributed by atoms with Gasteiger partial charge in [0.2, 0.25) is 0 Å². The summed E-state index contributed by atoms with van der Waals surface area (Å²) in [4.78, 5) is 9.18. The number of nitrogens with zero attached hydrogens (tertiary/aromatic N) is 2. The van der Waals surface area contributed by atoms with E-state index in [-0.39, 0.29) is 0 Å². The molecule has 1 N–H and O–H groups in total. The van der Waals surface area contributed by atoms with E-state index in [2.05, 4.69) is 29.1 Å². The third-order valence-corrected chi connectivity index (χ3v) is 2.99. The summed E-state index contributed by atoms with van der Waals surface area (Å²) < 4.78 is 5.42. The van der Waals surface area contributed by atoms with Crippen LogP contribution in [0, 0.1) is 0 Å². The minimum atomic E-state index is 0.830. The molecule has 0 aliphatic carbocycles. The summed E-state index contributed by atoms with van der Waals surface area (Å²) >= 11 is 0. The molecule has 1 heterocycles. The van der Waals surface area contributed by atoms with Crippen molar-refractivity contribution < 1.29 is 4.74 Å². The number of hydrogen-bond donors (Lipinski definition) is 1. The molecule has 0 fully saturated rings. The molecular weight excluding hydrogens is 250 g/mol. The second-order valence-corrected chi connectivity index (χ2v) is 4.54. The molecule has 2 aromatic rings. The zero-order valence-corrected chi connectivity index (χ0v) is 12.3. The summed E-state index contributed by atoms with van der Waals surface area (Å²) in [7, 11) is 1.68. The van der Waals surface area contributed by atoms with Gasteiger partial charge in [-0.15, -0.1) is 0 Å². The quantitative estimate of drug-likeness (QED) is 0.873. The Balaban J connectivity index is 2.48. The van der Waals surface area contributed by atoms with Crippen LogP contribution >= 0.6 is 0 Å². The predicted octanol–water partition coefficient (Wildman–Crippen LogP) is 3.54. The van der Waals surface area contributed by atoms with Gasteiger partial charge in [0.1, 0.15) is 17.4 Å². The topological polar surface area (TPSA) is 47.0 Å². The van der Waals surface area contributed by atoms with Crippen LogP contribution in [-0.2, 0) is 6.42 Å². The van der Waals surface area contributed by atoms with E-state index in [1.54, 1.807) is 7.11 Å². The van der Waals surface area contributed by atoms with Crippen LogP contribution in [-0.4, -0.2) is 23.6 Å². The van der Waals surface area contributed by atoms with Gasteiger partial charge >= 0.3 is 0 Å². The van der Waals surface area contributed by atoms with Crippen molar-refractivity contribution in [3.8, 4) is 17.0 Å². The maximum absolute atomic E-state index is 5.42. The highest BCUT2D eigenvalue weighted by Crippen LogP contribution is 2.29. The van der Waals surface area contributed by atoms with Gasteiger partial charge in [0, 0.05) is 24.6 Å². The minimum Gasteiger partial charge on any atom is -0.496 e. The molecule has 4 heteroatoms. The first-order valence-electron chi connectivity index (χ1n) is 7.03. The van der Waals surface area contributed by atoms with E-state index < -0.39 is 0 Å². The molecule has 2 rings (SSSR count). The number of methoxy groups -OCH3 is 1. The molecule has 0 saturated heterocycles. The van der Waals surface area contributed by atoms with Gasteiger partial charge in [-0.2, -0.15) is 0 Å². The smallest absolute Gasteiger partial charge is 0.131 e. The summed E-state index contributed by atoms with van der Waals surface area (Å²) in [5.74, 6) is 2.56. The molecule has 1 aromatic heterocycles. The van der Waals surface area contributed by atoms with Gasteiger partial charge in [0.15, 0.2) is 0 Å². The van der Waals surface area contributed by atoms with Crippen LogP contribution in [0.5, 0.6) is 5.75 Å². The molecule has 0 spiro atoms. The number of aromatic nitrogens is 2. The third-order valence-electron chi connectivity index (χ3n) is 2.99. The van der Waals surface area contributed by atoms with Crippen molar-refractivity contribution in [3.05, 3.63) is 36.2 Å². The largest absolute Gasteiger partial charge is 0.496 e. The number of rotatable bonds is 6. The molecular formula is C16H21N3O. The van der Waals surface area contributed by atoms with Crippen LogP contribution in [0.25, 0.3) is 11.3 Å². The normalized spacial score (nSPS) is 10.3. The maximum atomic E-state index is 5.42. The first-order chi connectivity index (χ1) is 9.78. The summed E-state index contributed by atoms with van der Waals surface area (Å²) in [6.45, 7) is 5.03. The van der Waals surface area contributed by atoms with Crippen molar-refractivity contribution in [3.63, 3.8) is 0 Å². The molecule has 106 valence electrons. The Morgan fingerprint density at radius 3 is 2.65 bits per heavy atom. The predicted molar refractivity (Wildman–Crippen MR) is 82.2 cm³/mol. The second kappa shape index (κ2) is 6.89. The molecule has 20 heavy (non-hydrogen) atoms. The lowest BCUT2D eigenvalue weighted by Crippen LogP contribution is -2.05. The summed E-state index contributed by atoms with van der Waals surface area (Å²) in [6, 6.07) is 9.89. The molecule has 0 unspecified atom stereocenters. The van der Waals surface area contributed by atoms with Gasteiger partial charge in [-0.3, -0.25) is 0 Å². The van der Waals surface area contributed by atoms with Crippen molar-refractivity contribution in [2.24, 2.45) is 0 Å². The van der Waals surface area contributed by atoms with Crippen LogP contribution in [0.4, 0.5) is 5.82 Å².